The first-order chi connectivity index (χ1) is 10.3. The van der Waals surface area contributed by atoms with E-state index in [4.69, 9.17) is 4.74 Å². The molecule has 0 aromatic heterocycles. The molecule has 0 aliphatic carbocycles. The minimum atomic E-state index is -4.54. The number of esters is 1. The van der Waals surface area contributed by atoms with Crippen LogP contribution in [0.5, 0.6) is 0 Å². The van der Waals surface area contributed by atoms with Crippen LogP contribution in [-0.4, -0.2) is 31.7 Å². The summed E-state index contributed by atoms with van der Waals surface area (Å²) in [7, 11) is -4.54. The smallest absolute Gasteiger partial charge is 0.726 e. The van der Waals surface area contributed by atoms with Crippen LogP contribution in [0.25, 0.3) is 0 Å². The van der Waals surface area contributed by atoms with Gasteiger partial charge in [-0.05, 0) is 26.2 Å². The van der Waals surface area contributed by atoms with Gasteiger partial charge in [0.15, 0.2) is 0 Å². The molecule has 0 rings (SSSR count). The van der Waals surface area contributed by atoms with E-state index in [9.17, 15) is 17.8 Å². The molecule has 8 heteroatoms. The molecule has 0 heterocycles. The first kappa shape index (κ1) is 25.3. The van der Waals surface area contributed by atoms with Gasteiger partial charge < -0.3 is 9.29 Å². The van der Waals surface area contributed by atoms with Crippen molar-refractivity contribution >= 4 is 16.4 Å². The Morgan fingerprint density at radius 2 is 1.57 bits per heavy atom. The third kappa shape index (κ3) is 20.0. The van der Waals surface area contributed by atoms with Crippen molar-refractivity contribution in [3.8, 4) is 0 Å². The fraction of sp³-hybridized carbons (Fsp3) is 0.800. The molecule has 0 saturated carbocycles. The standard InChI is InChI=1S/C15H28O6S.Na/c1-3-15(16)21-14(2)12-10-8-6-4-5-7-9-11-13-20-22(17,18)19;/h3,14H,1,4-13H2,2H3,(H,17,18,19);/q;+1/p-1. The Balaban J connectivity index is 0. The minimum Gasteiger partial charge on any atom is -0.726 e. The molecule has 0 aliphatic rings. The topological polar surface area (TPSA) is 92.7 Å². The van der Waals surface area contributed by atoms with Crippen molar-refractivity contribution in [1.82, 2.24) is 0 Å². The molecule has 0 saturated heterocycles. The van der Waals surface area contributed by atoms with Gasteiger partial charge in [-0.2, -0.15) is 0 Å². The van der Waals surface area contributed by atoms with Crippen LogP contribution in [0, 0.1) is 0 Å². The normalized spacial score (nSPS) is 12.3. The SMILES string of the molecule is C=CC(=O)OC(C)CCCCCCCCCCOS(=O)(=O)[O-].[Na+]. The Hall–Kier alpha value is 0.0800. The molecule has 0 fully saturated rings. The van der Waals surface area contributed by atoms with Gasteiger partial charge in [-0.3, -0.25) is 4.18 Å². The fourth-order valence-corrected chi connectivity index (χ4v) is 2.38. The Morgan fingerprint density at radius 3 is 2.04 bits per heavy atom. The Morgan fingerprint density at radius 1 is 1.09 bits per heavy atom. The van der Waals surface area contributed by atoms with Crippen LogP contribution in [0.4, 0.5) is 0 Å². The molecule has 0 spiro atoms. The van der Waals surface area contributed by atoms with E-state index in [1.165, 1.54) is 6.08 Å². The van der Waals surface area contributed by atoms with Crippen LogP contribution < -0.4 is 29.6 Å². The van der Waals surface area contributed by atoms with E-state index in [0.29, 0.717) is 6.42 Å². The molecular formula is C15H27NaO6S. The third-order valence-corrected chi connectivity index (χ3v) is 3.67. The zero-order valence-corrected chi connectivity index (χ0v) is 17.1. The summed E-state index contributed by atoms with van der Waals surface area (Å²) in [6.07, 6.45) is 9.92. The number of carbonyl (C=O) groups is 1. The van der Waals surface area contributed by atoms with E-state index in [1.807, 2.05) is 6.92 Å². The molecule has 0 aliphatic heterocycles. The maximum Gasteiger partial charge on any atom is 1.00 e. The van der Waals surface area contributed by atoms with Gasteiger partial charge >= 0.3 is 35.5 Å². The Bertz CT molecular complexity index is 410. The number of hydrogen-bond donors (Lipinski definition) is 0. The Labute approximate surface area is 162 Å². The predicted octanol–water partition coefficient (Wildman–Crippen LogP) is 0.0958. The maximum absolute atomic E-state index is 11.0. The van der Waals surface area contributed by atoms with Gasteiger partial charge in [0.25, 0.3) is 0 Å². The van der Waals surface area contributed by atoms with Gasteiger partial charge in [-0.25, -0.2) is 13.2 Å². The summed E-state index contributed by atoms with van der Waals surface area (Å²) in [4.78, 5) is 11.0. The maximum atomic E-state index is 11.0. The van der Waals surface area contributed by atoms with Gasteiger partial charge in [0.2, 0.25) is 10.4 Å². The molecule has 130 valence electrons. The minimum absolute atomic E-state index is 0. The monoisotopic (exact) mass is 358 g/mol. The van der Waals surface area contributed by atoms with Gasteiger partial charge in [-0.15, -0.1) is 0 Å². The van der Waals surface area contributed by atoms with Gasteiger partial charge in [0.1, 0.15) is 0 Å². The van der Waals surface area contributed by atoms with Crippen molar-refractivity contribution in [2.45, 2.75) is 70.8 Å². The Kier molecular flexibility index (Phi) is 17.2. The number of unbranched alkanes of at least 4 members (excludes halogenated alkanes) is 7. The second kappa shape index (κ2) is 15.6. The molecule has 23 heavy (non-hydrogen) atoms. The van der Waals surface area contributed by atoms with E-state index >= 15 is 0 Å². The van der Waals surface area contributed by atoms with E-state index in [-0.39, 0.29) is 48.2 Å². The van der Waals surface area contributed by atoms with Crippen LogP contribution in [0.3, 0.4) is 0 Å². The van der Waals surface area contributed by atoms with Crippen molar-refractivity contribution < 1.29 is 56.2 Å². The summed E-state index contributed by atoms with van der Waals surface area (Å²) in [5.74, 6) is -0.374. The zero-order chi connectivity index (χ0) is 16.8. The average molecular weight is 358 g/mol. The molecule has 6 nitrogen and oxygen atoms in total. The molecule has 1 unspecified atom stereocenters. The summed E-state index contributed by atoms with van der Waals surface area (Å²) in [5, 5.41) is 0. The van der Waals surface area contributed by atoms with Crippen molar-refractivity contribution in [2.75, 3.05) is 6.61 Å². The number of ether oxygens (including phenoxy) is 1. The van der Waals surface area contributed by atoms with Crippen LogP contribution in [0.2, 0.25) is 0 Å². The molecule has 0 radical (unpaired) electrons. The van der Waals surface area contributed by atoms with Crippen molar-refractivity contribution in [2.24, 2.45) is 0 Å². The summed E-state index contributed by atoms with van der Waals surface area (Å²) in [5.41, 5.74) is 0. The summed E-state index contributed by atoms with van der Waals surface area (Å²) < 4.78 is 39.7. The van der Waals surface area contributed by atoms with Crippen molar-refractivity contribution in [3.05, 3.63) is 12.7 Å². The molecule has 0 amide bonds. The second-order valence-corrected chi connectivity index (χ2v) is 6.35. The predicted molar refractivity (Wildman–Crippen MR) is 83.0 cm³/mol. The van der Waals surface area contributed by atoms with Gasteiger partial charge in [-0.1, -0.05) is 45.1 Å². The zero-order valence-electron chi connectivity index (χ0n) is 14.3. The van der Waals surface area contributed by atoms with Crippen molar-refractivity contribution in [3.63, 3.8) is 0 Å². The van der Waals surface area contributed by atoms with Gasteiger partial charge in [0, 0.05) is 6.08 Å². The molecule has 0 bridgehead atoms. The molecule has 1 atom stereocenters. The quantitative estimate of drug-likeness (QED) is 0.109. The largest absolute Gasteiger partial charge is 1.00 e. The van der Waals surface area contributed by atoms with Gasteiger partial charge in [0.05, 0.1) is 12.7 Å². The first-order valence-corrected chi connectivity index (χ1v) is 9.12. The van der Waals surface area contributed by atoms with Crippen LogP contribution in [0.1, 0.15) is 64.7 Å². The second-order valence-electron chi connectivity index (χ2n) is 5.30. The summed E-state index contributed by atoms with van der Waals surface area (Å²) in [6, 6.07) is 0. The fourth-order valence-electron chi connectivity index (χ4n) is 2.06. The van der Waals surface area contributed by atoms with E-state index < -0.39 is 10.4 Å². The third-order valence-electron chi connectivity index (χ3n) is 3.22. The summed E-state index contributed by atoms with van der Waals surface area (Å²) in [6.45, 7) is 5.21. The van der Waals surface area contributed by atoms with E-state index in [0.717, 1.165) is 51.4 Å². The van der Waals surface area contributed by atoms with E-state index in [2.05, 4.69) is 10.8 Å². The van der Waals surface area contributed by atoms with Crippen LogP contribution in [-0.2, 0) is 24.1 Å². The average Bonchev–Trinajstić information content (AvgIpc) is 2.43. The van der Waals surface area contributed by atoms with Crippen molar-refractivity contribution in [1.29, 1.82) is 0 Å². The molecular weight excluding hydrogens is 331 g/mol. The van der Waals surface area contributed by atoms with Crippen LogP contribution in [0.15, 0.2) is 12.7 Å². The van der Waals surface area contributed by atoms with Crippen LogP contribution >= 0.6 is 0 Å². The molecule has 0 N–H and O–H groups in total. The summed E-state index contributed by atoms with van der Waals surface area (Å²) >= 11 is 0. The van der Waals surface area contributed by atoms with E-state index in [1.54, 1.807) is 0 Å². The molecule has 0 aromatic carbocycles. The first-order valence-electron chi connectivity index (χ1n) is 7.78. The molecule has 0 aromatic rings. The number of hydrogen-bond acceptors (Lipinski definition) is 6. The number of rotatable bonds is 14. The number of carbonyl (C=O) groups excluding carboxylic acids is 1.